The molecule has 0 radical (unpaired) electrons. The molecule has 162 valence electrons. The summed E-state index contributed by atoms with van der Waals surface area (Å²) in [4.78, 5) is 12.7. The van der Waals surface area contributed by atoms with Gasteiger partial charge in [0.15, 0.2) is 0 Å². The summed E-state index contributed by atoms with van der Waals surface area (Å²) in [6, 6.07) is 12.3. The number of hydrogen-bond acceptors (Lipinski definition) is 3. The number of furan rings is 1. The summed E-state index contributed by atoms with van der Waals surface area (Å²) in [6.07, 6.45) is 8.12. The highest BCUT2D eigenvalue weighted by Gasteiger charge is 2.22. The molecular weight excluding hydrogens is 454 g/mol. The van der Waals surface area contributed by atoms with Crippen molar-refractivity contribution in [3.63, 3.8) is 0 Å². The Morgan fingerprint density at radius 3 is 2.77 bits per heavy atom. The summed E-state index contributed by atoms with van der Waals surface area (Å²) < 4.78 is 12.4. The Balaban J connectivity index is 1.67. The molecule has 5 heteroatoms. The topological polar surface area (TPSA) is 51.5 Å². The summed E-state index contributed by atoms with van der Waals surface area (Å²) in [5.41, 5.74) is 4.58. The fraction of sp³-hybridized carbons (Fsp3) is 0.346. The maximum Gasteiger partial charge on any atom is 0.244 e. The molecule has 4 rings (SSSR count). The maximum absolute atomic E-state index is 12.7. The van der Waals surface area contributed by atoms with Gasteiger partial charge in [-0.2, -0.15) is 0 Å². The number of amides is 1. The minimum atomic E-state index is -0.0437. The summed E-state index contributed by atoms with van der Waals surface area (Å²) in [5.74, 6) is 1.17. The fourth-order valence-corrected chi connectivity index (χ4v) is 4.84. The third-order valence-electron chi connectivity index (χ3n) is 6.24. The van der Waals surface area contributed by atoms with Crippen molar-refractivity contribution in [3.05, 3.63) is 58.8 Å². The number of benzene rings is 2. The Bertz CT molecular complexity index is 1130. The number of rotatable bonds is 5. The first-order valence-corrected chi connectivity index (χ1v) is 11.6. The number of allylic oxidation sites excluding steroid dienone is 1. The van der Waals surface area contributed by atoms with Crippen molar-refractivity contribution in [2.24, 2.45) is 5.92 Å². The first-order chi connectivity index (χ1) is 15.0. The van der Waals surface area contributed by atoms with Crippen molar-refractivity contribution in [3.8, 4) is 16.9 Å². The second-order valence-corrected chi connectivity index (χ2v) is 9.33. The van der Waals surface area contributed by atoms with Crippen molar-refractivity contribution >= 4 is 38.4 Å². The van der Waals surface area contributed by atoms with Gasteiger partial charge < -0.3 is 14.5 Å². The van der Waals surface area contributed by atoms with Crippen molar-refractivity contribution in [1.82, 2.24) is 5.32 Å². The van der Waals surface area contributed by atoms with E-state index in [4.69, 9.17) is 9.15 Å². The first kappa shape index (κ1) is 21.7. The van der Waals surface area contributed by atoms with E-state index in [-0.39, 0.29) is 11.9 Å². The molecule has 1 saturated carbocycles. The van der Waals surface area contributed by atoms with Crippen LogP contribution < -0.4 is 10.1 Å². The first-order valence-electron chi connectivity index (χ1n) is 10.8. The van der Waals surface area contributed by atoms with Gasteiger partial charge in [0, 0.05) is 39.2 Å². The Labute approximate surface area is 191 Å². The minimum Gasteiger partial charge on any atom is -0.496 e. The van der Waals surface area contributed by atoms with E-state index >= 15 is 0 Å². The number of methoxy groups -OCH3 is 1. The van der Waals surface area contributed by atoms with Crippen LogP contribution in [0.4, 0.5) is 0 Å². The Morgan fingerprint density at radius 2 is 2.03 bits per heavy atom. The lowest BCUT2D eigenvalue weighted by molar-refractivity contribution is -0.117. The third kappa shape index (κ3) is 4.72. The zero-order valence-corrected chi connectivity index (χ0v) is 19.8. The minimum absolute atomic E-state index is 0.0437. The second-order valence-electron chi connectivity index (χ2n) is 8.41. The molecule has 1 aromatic heterocycles. The fourth-order valence-electron chi connectivity index (χ4n) is 4.44. The van der Waals surface area contributed by atoms with E-state index in [0.717, 1.165) is 44.1 Å². The SMILES string of the molecule is COc1cc2occ(-c3cccc(Br)c3)c2cc1/C(C)=C/C(=O)NC1CCCCC1C. The van der Waals surface area contributed by atoms with Gasteiger partial charge in [0.05, 0.1) is 13.4 Å². The van der Waals surface area contributed by atoms with Gasteiger partial charge in [-0.25, -0.2) is 0 Å². The normalized spacial score (nSPS) is 19.4. The molecule has 31 heavy (non-hydrogen) atoms. The molecule has 1 heterocycles. The van der Waals surface area contributed by atoms with Gasteiger partial charge in [-0.15, -0.1) is 0 Å². The molecule has 0 bridgehead atoms. The molecule has 1 aliphatic carbocycles. The molecule has 1 aliphatic rings. The molecule has 1 fully saturated rings. The smallest absolute Gasteiger partial charge is 0.244 e. The molecule has 4 nitrogen and oxygen atoms in total. The van der Waals surface area contributed by atoms with Crippen LogP contribution in [0.3, 0.4) is 0 Å². The summed E-state index contributed by atoms with van der Waals surface area (Å²) in [6.45, 7) is 4.17. The molecule has 2 atom stereocenters. The summed E-state index contributed by atoms with van der Waals surface area (Å²) in [5, 5.41) is 4.19. The van der Waals surface area contributed by atoms with Crippen molar-refractivity contribution in [2.45, 2.75) is 45.6 Å². The van der Waals surface area contributed by atoms with E-state index in [1.54, 1.807) is 19.4 Å². The van der Waals surface area contributed by atoms with Gasteiger partial charge in [0.2, 0.25) is 5.91 Å². The number of halogens is 1. The van der Waals surface area contributed by atoms with Crippen LogP contribution in [0.5, 0.6) is 5.75 Å². The lowest BCUT2D eigenvalue weighted by Gasteiger charge is -2.29. The van der Waals surface area contributed by atoms with Gasteiger partial charge in [0.25, 0.3) is 0 Å². The summed E-state index contributed by atoms with van der Waals surface area (Å²) >= 11 is 3.54. The van der Waals surface area contributed by atoms with E-state index < -0.39 is 0 Å². The van der Waals surface area contributed by atoms with Crippen LogP contribution in [-0.2, 0) is 4.79 Å². The number of ether oxygens (including phenoxy) is 1. The van der Waals surface area contributed by atoms with Crippen molar-refractivity contribution in [1.29, 1.82) is 0 Å². The Kier molecular flexibility index (Phi) is 6.51. The van der Waals surface area contributed by atoms with Crippen LogP contribution in [0.15, 0.2) is 57.6 Å². The molecular formula is C26H28BrNO3. The molecule has 0 aliphatic heterocycles. The second kappa shape index (κ2) is 9.31. The van der Waals surface area contributed by atoms with Gasteiger partial charge in [-0.05, 0) is 55.0 Å². The number of carbonyl (C=O) groups excluding carboxylic acids is 1. The molecule has 0 spiro atoms. The van der Waals surface area contributed by atoms with E-state index in [9.17, 15) is 4.79 Å². The number of fused-ring (bicyclic) bond motifs is 1. The number of hydrogen-bond donors (Lipinski definition) is 1. The van der Waals surface area contributed by atoms with E-state index in [2.05, 4.69) is 46.4 Å². The van der Waals surface area contributed by atoms with Crippen LogP contribution in [0.1, 0.15) is 45.1 Å². The molecule has 3 aromatic rings. The molecule has 2 unspecified atom stereocenters. The van der Waals surface area contributed by atoms with Crippen LogP contribution >= 0.6 is 15.9 Å². The van der Waals surface area contributed by atoms with E-state index in [1.165, 1.54) is 19.3 Å². The number of nitrogens with one attached hydrogen (secondary N) is 1. The van der Waals surface area contributed by atoms with Gasteiger partial charge in [0.1, 0.15) is 11.3 Å². The van der Waals surface area contributed by atoms with Crippen LogP contribution in [0, 0.1) is 5.92 Å². The Morgan fingerprint density at radius 1 is 1.23 bits per heavy atom. The van der Waals surface area contributed by atoms with E-state index in [1.807, 2.05) is 25.1 Å². The predicted octanol–water partition coefficient (Wildman–Crippen LogP) is 6.97. The Hall–Kier alpha value is -2.53. The lowest BCUT2D eigenvalue weighted by Crippen LogP contribution is -2.40. The lowest BCUT2D eigenvalue weighted by atomic mass is 9.86. The average Bonchev–Trinajstić information content (AvgIpc) is 3.17. The molecule has 0 saturated heterocycles. The average molecular weight is 482 g/mol. The number of carbonyl (C=O) groups is 1. The zero-order chi connectivity index (χ0) is 22.0. The van der Waals surface area contributed by atoms with E-state index in [0.29, 0.717) is 11.7 Å². The van der Waals surface area contributed by atoms with Gasteiger partial charge in [-0.3, -0.25) is 4.79 Å². The predicted molar refractivity (Wildman–Crippen MR) is 129 cm³/mol. The van der Waals surface area contributed by atoms with Gasteiger partial charge >= 0.3 is 0 Å². The quantitative estimate of drug-likeness (QED) is 0.400. The van der Waals surface area contributed by atoms with Gasteiger partial charge in [-0.1, -0.05) is 47.8 Å². The largest absolute Gasteiger partial charge is 0.496 e. The molecule has 1 N–H and O–H groups in total. The van der Waals surface area contributed by atoms with Crippen LogP contribution in [0.25, 0.3) is 27.7 Å². The highest BCUT2D eigenvalue weighted by molar-refractivity contribution is 9.10. The third-order valence-corrected chi connectivity index (χ3v) is 6.74. The summed E-state index contributed by atoms with van der Waals surface area (Å²) in [7, 11) is 1.64. The standard InChI is InChI=1S/C26H28BrNO3/c1-16-7-4-5-10-23(16)28-26(29)11-17(2)20-13-21-22(18-8-6-9-19(27)12-18)15-31-25(21)14-24(20)30-3/h6,8-9,11-16,23H,4-5,7,10H2,1-3H3,(H,28,29)/b17-11+. The van der Waals surface area contributed by atoms with Crippen LogP contribution in [-0.4, -0.2) is 19.1 Å². The molecule has 1 amide bonds. The molecule has 2 aromatic carbocycles. The monoisotopic (exact) mass is 481 g/mol. The maximum atomic E-state index is 12.7. The van der Waals surface area contributed by atoms with Crippen molar-refractivity contribution < 1.29 is 13.9 Å². The van der Waals surface area contributed by atoms with Crippen molar-refractivity contribution in [2.75, 3.05) is 7.11 Å². The highest BCUT2D eigenvalue weighted by atomic mass is 79.9. The highest BCUT2D eigenvalue weighted by Crippen LogP contribution is 2.38. The zero-order valence-electron chi connectivity index (χ0n) is 18.2. The van der Waals surface area contributed by atoms with Crippen LogP contribution in [0.2, 0.25) is 0 Å².